The maximum absolute atomic E-state index is 13.0. The van der Waals surface area contributed by atoms with Crippen LogP contribution in [0.3, 0.4) is 0 Å². The van der Waals surface area contributed by atoms with Crippen molar-refractivity contribution in [3.8, 4) is 0 Å². The molecule has 0 radical (unpaired) electrons. The molecule has 0 bridgehead atoms. The molecule has 1 aromatic carbocycles. The highest BCUT2D eigenvalue weighted by atomic mass is 35.5. The Morgan fingerprint density at radius 1 is 1.58 bits per heavy atom. The third-order valence-electron chi connectivity index (χ3n) is 1.54. The molecular formula is C8H9ClFNO. The number of aliphatic hydroxyl groups is 1. The Balaban J connectivity index is 3.01. The van der Waals surface area contributed by atoms with Crippen molar-refractivity contribution in [3.05, 3.63) is 34.6 Å². The van der Waals surface area contributed by atoms with E-state index in [1.54, 1.807) is 0 Å². The van der Waals surface area contributed by atoms with Gasteiger partial charge in [-0.25, -0.2) is 4.39 Å². The zero-order valence-electron chi connectivity index (χ0n) is 6.30. The summed E-state index contributed by atoms with van der Waals surface area (Å²) in [5, 5.41) is 9.50. The molecule has 0 heterocycles. The van der Waals surface area contributed by atoms with Crippen LogP contribution in [0.4, 0.5) is 4.39 Å². The van der Waals surface area contributed by atoms with Crippen LogP contribution in [0.5, 0.6) is 0 Å². The summed E-state index contributed by atoms with van der Waals surface area (Å²) in [7, 11) is 0. The Morgan fingerprint density at radius 2 is 2.25 bits per heavy atom. The second kappa shape index (κ2) is 3.85. The highest BCUT2D eigenvalue weighted by Crippen LogP contribution is 2.19. The van der Waals surface area contributed by atoms with Crippen molar-refractivity contribution in [2.24, 2.45) is 5.73 Å². The first kappa shape index (κ1) is 9.45. The van der Waals surface area contributed by atoms with E-state index in [0.29, 0.717) is 5.02 Å². The monoisotopic (exact) mass is 189 g/mol. The average Bonchev–Trinajstić information content (AvgIpc) is 2.03. The Kier molecular flexibility index (Phi) is 3.03. The molecule has 1 aromatic rings. The molecule has 0 amide bonds. The zero-order chi connectivity index (χ0) is 9.14. The molecule has 4 heteroatoms. The SMILES string of the molecule is NCC(O)c1ccc(Cl)cc1F. The van der Waals surface area contributed by atoms with Crippen LogP contribution in [0.2, 0.25) is 5.02 Å². The van der Waals surface area contributed by atoms with Crippen molar-refractivity contribution in [1.29, 1.82) is 0 Å². The first-order valence-corrected chi connectivity index (χ1v) is 3.86. The van der Waals surface area contributed by atoms with Gasteiger partial charge in [-0.05, 0) is 12.1 Å². The van der Waals surface area contributed by atoms with Crippen LogP contribution in [0.15, 0.2) is 18.2 Å². The Morgan fingerprint density at radius 3 is 2.75 bits per heavy atom. The molecule has 0 fully saturated rings. The maximum Gasteiger partial charge on any atom is 0.130 e. The standard InChI is InChI=1S/C8H9ClFNO/c9-5-1-2-6(7(10)3-5)8(12)4-11/h1-3,8,12H,4,11H2. The van der Waals surface area contributed by atoms with Crippen LogP contribution < -0.4 is 5.73 Å². The van der Waals surface area contributed by atoms with E-state index in [9.17, 15) is 9.50 Å². The quantitative estimate of drug-likeness (QED) is 0.740. The first-order chi connectivity index (χ1) is 5.65. The van der Waals surface area contributed by atoms with Crippen molar-refractivity contribution in [2.75, 3.05) is 6.54 Å². The lowest BCUT2D eigenvalue weighted by atomic mass is 10.1. The minimum absolute atomic E-state index is 0.00144. The van der Waals surface area contributed by atoms with Gasteiger partial charge in [0.1, 0.15) is 5.82 Å². The van der Waals surface area contributed by atoms with Crippen LogP contribution in [-0.4, -0.2) is 11.7 Å². The minimum atomic E-state index is -0.956. The molecule has 0 spiro atoms. The highest BCUT2D eigenvalue weighted by molar-refractivity contribution is 6.30. The first-order valence-electron chi connectivity index (χ1n) is 3.48. The van der Waals surface area contributed by atoms with E-state index in [-0.39, 0.29) is 12.1 Å². The van der Waals surface area contributed by atoms with E-state index in [4.69, 9.17) is 17.3 Å². The largest absolute Gasteiger partial charge is 0.387 e. The van der Waals surface area contributed by atoms with Crippen LogP contribution in [-0.2, 0) is 0 Å². The summed E-state index contributed by atoms with van der Waals surface area (Å²) >= 11 is 5.51. The van der Waals surface area contributed by atoms with Crippen LogP contribution in [0.25, 0.3) is 0 Å². The number of rotatable bonds is 2. The Hall–Kier alpha value is -0.640. The Labute approximate surface area is 74.8 Å². The van der Waals surface area contributed by atoms with Gasteiger partial charge in [0.2, 0.25) is 0 Å². The van der Waals surface area contributed by atoms with Gasteiger partial charge in [0.15, 0.2) is 0 Å². The number of benzene rings is 1. The summed E-state index contributed by atoms with van der Waals surface area (Å²) in [5.41, 5.74) is 5.34. The summed E-state index contributed by atoms with van der Waals surface area (Å²) in [6.45, 7) is -0.00144. The smallest absolute Gasteiger partial charge is 0.130 e. The van der Waals surface area contributed by atoms with Crippen molar-refractivity contribution >= 4 is 11.6 Å². The zero-order valence-corrected chi connectivity index (χ0v) is 7.05. The van der Waals surface area contributed by atoms with Gasteiger partial charge in [0.25, 0.3) is 0 Å². The number of hydrogen-bond acceptors (Lipinski definition) is 2. The number of halogens is 2. The van der Waals surface area contributed by atoms with Gasteiger partial charge in [0, 0.05) is 17.1 Å². The highest BCUT2D eigenvalue weighted by Gasteiger charge is 2.10. The fraction of sp³-hybridized carbons (Fsp3) is 0.250. The van der Waals surface area contributed by atoms with Gasteiger partial charge >= 0.3 is 0 Å². The molecule has 1 unspecified atom stereocenters. The molecule has 0 saturated heterocycles. The topological polar surface area (TPSA) is 46.2 Å². The summed E-state index contributed by atoms with van der Waals surface area (Å²) in [4.78, 5) is 0. The van der Waals surface area contributed by atoms with Crippen LogP contribution in [0, 0.1) is 5.82 Å². The predicted molar refractivity (Wildman–Crippen MR) is 45.4 cm³/mol. The molecule has 0 aliphatic carbocycles. The van der Waals surface area contributed by atoms with Gasteiger partial charge in [0.05, 0.1) is 6.10 Å². The molecular weight excluding hydrogens is 181 g/mol. The lowest BCUT2D eigenvalue weighted by Crippen LogP contribution is -2.12. The second-order valence-electron chi connectivity index (χ2n) is 2.42. The van der Waals surface area contributed by atoms with Crippen LogP contribution >= 0.6 is 11.6 Å². The summed E-state index contributed by atoms with van der Waals surface area (Å²) in [6, 6.07) is 4.09. The third kappa shape index (κ3) is 1.94. The van der Waals surface area contributed by atoms with Gasteiger partial charge < -0.3 is 10.8 Å². The number of aliphatic hydroxyl groups excluding tert-OH is 1. The van der Waals surface area contributed by atoms with E-state index in [1.165, 1.54) is 12.1 Å². The lowest BCUT2D eigenvalue weighted by Gasteiger charge is -2.08. The molecule has 0 aromatic heterocycles. The Bertz CT molecular complexity index is 280. The molecule has 3 N–H and O–H groups in total. The lowest BCUT2D eigenvalue weighted by molar-refractivity contribution is 0.182. The predicted octanol–water partition coefficient (Wildman–Crippen LogP) is 1.47. The number of hydrogen-bond donors (Lipinski definition) is 2. The van der Waals surface area contributed by atoms with Crippen molar-refractivity contribution < 1.29 is 9.50 Å². The summed E-state index contributed by atoms with van der Waals surface area (Å²) < 4.78 is 13.0. The minimum Gasteiger partial charge on any atom is -0.387 e. The molecule has 12 heavy (non-hydrogen) atoms. The number of nitrogens with two attached hydrogens (primary N) is 1. The molecule has 2 nitrogen and oxygen atoms in total. The molecule has 1 rings (SSSR count). The molecule has 0 aliphatic heterocycles. The van der Waals surface area contributed by atoms with Crippen molar-refractivity contribution in [1.82, 2.24) is 0 Å². The van der Waals surface area contributed by atoms with Gasteiger partial charge in [-0.15, -0.1) is 0 Å². The van der Waals surface area contributed by atoms with E-state index >= 15 is 0 Å². The van der Waals surface area contributed by atoms with E-state index in [0.717, 1.165) is 6.07 Å². The average molecular weight is 190 g/mol. The van der Waals surface area contributed by atoms with E-state index in [1.807, 2.05) is 0 Å². The van der Waals surface area contributed by atoms with Crippen molar-refractivity contribution in [2.45, 2.75) is 6.10 Å². The van der Waals surface area contributed by atoms with Gasteiger partial charge in [-0.1, -0.05) is 17.7 Å². The molecule has 0 saturated carbocycles. The third-order valence-corrected chi connectivity index (χ3v) is 1.78. The molecule has 1 atom stereocenters. The maximum atomic E-state index is 13.0. The van der Waals surface area contributed by atoms with E-state index < -0.39 is 11.9 Å². The van der Waals surface area contributed by atoms with Crippen LogP contribution in [0.1, 0.15) is 11.7 Å². The summed E-state index contributed by atoms with van der Waals surface area (Å²) in [6.07, 6.45) is -0.956. The van der Waals surface area contributed by atoms with Gasteiger partial charge in [-0.2, -0.15) is 0 Å². The second-order valence-corrected chi connectivity index (χ2v) is 2.85. The summed E-state index contributed by atoms with van der Waals surface area (Å²) in [5.74, 6) is -0.527. The van der Waals surface area contributed by atoms with Gasteiger partial charge in [-0.3, -0.25) is 0 Å². The molecule has 0 aliphatic rings. The molecule has 66 valence electrons. The fourth-order valence-corrected chi connectivity index (χ4v) is 1.06. The fourth-order valence-electron chi connectivity index (χ4n) is 0.899. The van der Waals surface area contributed by atoms with Crippen molar-refractivity contribution in [3.63, 3.8) is 0 Å². The van der Waals surface area contributed by atoms with E-state index in [2.05, 4.69) is 0 Å². The normalized spacial score (nSPS) is 13.0.